The molecular weight excluding hydrogens is 386 g/mol. The highest BCUT2D eigenvalue weighted by Gasteiger charge is 2.25. The van der Waals surface area contributed by atoms with E-state index in [4.69, 9.17) is 11.6 Å². The summed E-state index contributed by atoms with van der Waals surface area (Å²) in [4.78, 5) is 18.7. The van der Waals surface area contributed by atoms with Gasteiger partial charge in [-0.1, -0.05) is 29.8 Å². The van der Waals surface area contributed by atoms with E-state index in [1.807, 2.05) is 48.5 Å². The normalized spacial score (nSPS) is 14.6. The smallest absolute Gasteiger partial charge is 0.223 e. The summed E-state index contributed by atoms with van der Waals surface area (Å²) in [5.74, 6) is 0.985. The number of amides is 1. The first-order valence-corrected chi connectivity index (χ1v) is 10.1. The largest absolute Gasteiger partial charge is 0.355 e. The minimum atomic E-state index is 0.0317. The van der Waals surface area contributed by atoms with E-state index in [9.17, 15) is 4.79 Å². The average Bonchev–Trinajstić information content (AvgIpc) is 2.79. The summed E-state index contributed by atoms with van der Waals surface area (Å²) in [6.07, 6.45) is 5.11. The van der Waals surface area contributed by atoms with Gasteiger partial charge in [0.1, 0.15) is 0 Å². The fraction of sp³-hybridized carbons (Fsp3) is 0.273. The Hall–Kier alpha value is -2.99. The van der Waals surface area contributed by atoms with Gasteiger partial charge >= 0.3 is 0 Å². The van der Waals surface area contributed by atoms with Crippen molar-refractivity contribution in [1.29, 1.82) is 0 Å². The van der Waals surface area contributed by atoms with Gasteiger partial charge in [-0.15, -0.1) is 10.2 Å². The first kappa shape index (κ1) is 19.3. The van der Waals surface area contributed by atoms with Crippen LogP contribution in [0.4, 0.5) is 5.82 Å². The zero-order valence-corrected chi connectivity index (χ0v) is 16.7. The van der Waals surface area contributed by atoms with Crippen molar-refractivity contribution in [3.8, 4) is 11.3 Å². The minimum absolute atomic E-state index is 0.0317. The van der Waals surface area contributed by atoms with E-state index in [-0.39, 0.29) is 11.8 Å². The summed E-state index contributed by atoms with van der Waals surface area (Å²) in [6.45, 7) is 2.10. The molecule has 0 unspecified atom stereocenters. The van der Waals surface area contributed by atoms with Crippen LogP contribution in [0.2, 0.25) is 5.02 Å². The van der Waals surface area contributed by atoms with Crippen molar-refractivity contribution in [2.24, 2.45) is 5.92 Å². The van der Waals surface area contributed by atoms with Gasteiger partial charge in [0.05, 0.1) is 5.69 Å². The second-order valence-electron chi connectivity index (χ2n) is 7.12. The van der Waals surface area contributed by atoms with Crippen molar-refractivity contribution >= 4 is 23.3 Å². The number of carbonyl (C=O) groups excluding carboxylic acids is 1. The zero-order chi connectivity index (χ0) is 20.1. The Morgan fingerprint density at radius 2 is 1.86 bits per heavy atom. The third-order valence-electron chi connectivity index (χ3n) is 5.17. The number of pyridine rings is 1. The number of halogens is 1. The van der Waals surface area contributed by atoms with Crippen LogP contribution in [0.15, 0.2) is 60.9 Å². The summed E-state index contributed by atoms with van der Waals surface area (Å²) in [6, 6.07) is 15.3. The fourth-order valence-electron chi connectivity index (χ4n) is 3.48. The van der Waals surface area contributed by atoms with Crippen molar-refractivity contribution in [2.75, 3.05) is 18.0 Å². The lowest BCUT2D eigenvalue weighted by Gasteiger charge is -2.31. The van der Waals surface area contributed by atoms with Crippen LogP contribution in [-0.2, 0) is 11.3 Å². The number of anilines is 1. The van der Waals surface area contributed by atoms with Gasteiger partial charge in [0.15, 0.2) is 5.82 Å². The Balaban J connectivity index is 1.30. The van der Waals surface area contributed by atoms with Crippen LogP contribution in [0.25, 0.3) is 11.3 Å². The van der Waals surface area contributed by atoms with E-state index in [2.05, 4.69) is 25.4 Å². The number of aromatic nitrogens is 3. The molecule has 0 radical (unpaired) electrons. The van der Waals surface area contributed by atoms with Gasteiger partial charge in [-0.3, -0.25) is 9.78 Å². The fourth-order valence-corrected chi connectivity index (χ4v) is 3.60. The molecule has 1 aliphatic heterocycles. The number of hydrogen-bond acceptors (Lipinski definition) is 5. The van der Waals surface area contributed by atoms with E-state index in [0.717, 1.165) is 48.6 Å². The number of rotatable bonds is 5. The molecule has 0 saturated carbocycles. The lowest BCUT2D eigenvalue weighted by atomic mass is 9.96. The first-order chi connectivity index (χ1) is 14.2. The average molecular weight is 408 g/mol. The SMILES string of the molecule is O=C(NCc1cccnc1)C1CCN(c2ccc(-c3ccc(Cl)cc3)nn2)CC1. The Labute approximate surface area is 174 Å². The summed E-state index contributed by atoms with van der Waals surface area (Å²) < 4.78 is 0. The van der Waals surface area contributed by atoms with Crippen molar-refractivity contribution < 1.29 is 4.79 Å². The van der Waals surface area contributed by atoms with Crippen molar-refractivity contribution in [3.05, 3.63) is 71.5 Å². The molecule has 1 saturated heterocycles. The van der Waals surface area contributed by atoms with Gasteiger partial charge in [0, 0.05) is 48.5 Å². The molecule has 1 fully saturated rings. The highest BCUT2D eigenvalue weighted by molar-refractivity contribution is 6.30. The lowest BCUT2D eigenvalue weighted by molar-refractivity contribution is -0.125. The van der Waals surface area contributed by atoms with Crippen LogP contribution in [0, 0.1) is 5.92 Å². The third kappa shape index (κ3) is 4.90. The highest BCUT2D eigenvalue weighted by Crippen LogP contribution is 2.24. The summed E-state index contributed by atoms with van der Waals surface area (Å²) in [5, 5.41) is 12.5. The van der Waals surface area contributed by atoms with Gasteiger partial charge in [-0.05, 0) is 48.7 Å². The van der Waals surface area contributed by atoms with Crippen LogP contribution in [0.5, 0.6) is 0 Å². The van der Waals surface area contributed by atoms with Crippen LogP contribution < -0.4 is 10.2 Å². The van der Waals surface area contributed by atoms with Gasteiger partial charge in [-0.2, -0.15) is 0 Å². The molecule has 29 heavy (non-hydrogen) atoms. The van der Waals surface area contributed by atoms with Crippen LogP contribution in [0.1, 0.15) is 18.4 Å². The van der Waals surface area contributed by atoms with E-state index in [1.165, 1.54) is 0 Å². The summed E-state index contributed by atoms with van der Waals surface area (Å²) in [7, 11) is 0. The molecular formula is C22H22ClN5O. The molecule has 0 spiro atoms. The molecule has 1 amide bonds. The molecule has 6 nitrogen and oxygen atoms in total. The Morgan fingerprint density at radius 1 is 1.07 bits per heavy atom. The maximum Gasteiger partial charge on any atom is 0.223 e. The summed E-state index contributed by atoms with van der Waals surface area (Å²) in [5.41, 5.74) is 2.81. The maximum absolute atomic E-state index is 12.5. The molecule has 7 heteroatoms. The van der Waals surface area contributed by atoms with E-state index < -0.39 is 0 Å². The highest BCUT2D eigenvalue weighted by atomic mass is 35.5. The Morgan fingerprint density at radius 3 is 2.52 bits per heavy atom. The Bertz CT molecular complexity index is 939. The van der Waals surface area contributed by atoms with Crippen LogP contribution in [-0.4, -0.2) is 34.2 Å². The number of nitrogens with zero attached hydrogens (tertiary/aromatic N) is 4. The van der Waals surface area contributed by atoms with Gasteiger partial charge in [-0.25, -0.2) is 0 Å². The lowest BCUT2D eigenvalue weighted by Crippen LogP contribution is -2.40. The van der Waals surface area contributed by atoms with Crippen molar-refractivity contribution in [1.82, 2.24) is 20.5 Å². The first-order valence-electron chi connectivity index (χ1n) is 9.70. The zero-order valence-electron chi connectivity index (χ0n) is 16.0. The number of piperidine rings is 1. The second kappa shape index (κ2) is 9.01. The molecule has 1 N–H and O–H groups in total. The number of carbonyl (C=O) groups is 1. The van der Waals surface area contributed by atoms with E-state index >= 15 is 0 Å². The van der Waals surface area contributed by atoms with E-state index in [1.54, 1.807) is 12.4 Å². The molecule has 1 aliphatic rings. The Kier molecular flexibility index (Phi) is 6.00. The van der Waals surface area contributed by atoms with Gasteiger partial charge < -0.3 is 10.2 Å². The molecule has 148 valence electrons. The number of hydrogen-bond donors (Lipinski definition) is 1. The van der Waals surface area contributed by atoms with Crippen molar-refractivity contribution in [3.63, 3.8) is 0 Å². The molecule has 2 aromatic heterocycles. The van der Waals surface area contributed by atoms with E-state index in [0.29, 0.717) is 11.6 Å². The predicted octanol–water partition coefficient (Wildman–Crippen LogP) is 3.72. The topological polar surface area (TPSA) is 71.0 Å². The molecule has 4 rings (SSSR count). The standard InChI is InChI=1S/C22H22ClN5O/c23-19-5-3-17(4-6-19)20-7-8-21(27-26-20)28-12-9-18(10-13-28)22(29)25-15-16-2-1-11-24-14-16/h1-8,11,14,18H,9-10,12-13,15H2,(H,25,29). The predicted molar refractivity (Wildman–Crippen MR) is 113 cm³/mol. The maximum atomic E-state index is 12.5. The quantitative estimate of drug-likeness (QED) is 0.697. The molecule has 3 aromatic rings. The monoisotopic (exact) mass is 407 g/mol. The number of nitrogens with one attached hydrogen (secondary N) is 1. The third-order valence-corrected chi connectivity index (χ3v) is 5.42. The molecule has 0 atom stereocenters. The van der Waals surface area contributed by atoms with Gasteiger partial charge in [0.2, 0.25) is 5.91 Å². The van der Waals surface area contributed by atoms with Crippen LogP contribution in [0.3, 0.4) is 0 Å². The number of benzene rings is 1. The molecule has 3 heterocycles. The van der Waals surface area contributed by atoms with Crippen LogP contribution >= 0.6 is 11.6 Å². The van der Waals surface area contributed by atoms with Gasteiger partial charge in [0.25, 0.3) is 0 Å². The second-order valence-corrected chi connectivity index (χ2v) is 7.56. The minimum Gasteiger partial charge on any atom is -0.355 e. The van der Waals surface area contributed by atoms with Crippen molar-refractivity contribution in [2.45, 2.75) is 19.4 Å². The summed E-state index contributed by atoms with van der Waals surface area (Å²) >= 11 is 5.94. The molecule has 1 aromatic carbocycles. The molecule has 0 bridgehead atoms. The molecule has 0 aliphatic carbocycles.